The SMILES string of the molecule is CCC1CCCCC1NC(=O)Cc1ccccc1N. The fraction of sp³-hybridized carbons (Fsp3) is 0.562. The summed E-state index contributed by atoms with van der Waals surface area (Å²) in [5, 5.41) is 3.20. The molecular formula is C16H24N2O. The molecule has 1 aromatic rings. The summed E-state index contributed by atoms with van der Waals surface area (Å²) in [7, 11) is 0. The second kappa shape index (κ2) is 6.60. The number of carbonyl (C=O) groups excluding carboxylic acids is 1. The lowest BCUT2D eigenvalue weighted by Gasteiger charge is -2.31. The van der Waals surface area contributed by atoms with Gasteiger partial charge >= 0.3 is 0 Å². The molecule has 2 unspecified atom stereocenters. The predicted molar refractivity (Wildman–Crippen MR) is 78.7 cm³/mol. The number of para-hydroxylation sites is 1. The van der Waals surface area contributed by atoms with Gasteiger partial charge in [-0.05, 0) is 30.4 Å². The Morgan fingerprint density at radius 1 is 1.32 bits per heavy atom. The van der Waals surface area contributed by atoms with Crippen molar-refractivity contribution in [1.29, 1.82) is 0 Å². The van der Waals surface area contributed by atoms with Gasteiger partial charge in [-0.1, -0.05) is 44.4 Å². The first-order chi connectivity index (χ1) is 9.20. The molecule has 2 atom stereocenters. The van der Waals surface area contributed by atoms with Crippen LogP contribution in [0.3, 0.4) is 0 Å². The Balaban J connectivity index is 1.92. The smallest absolute Gasteiger partial charge is 0.224 e. The Bertz CT molecular complexity index is 431. The van der Waals surface area contributed by atoms with Crippen LogP contribution in [0.5, 0.6) is 0 Å². The minimum Gasteiger partial charge on any atom is -0.398 e. The topological polar surface area (TPSA) is 55.1 Å². The van der Waals surface area contributed by atoms with Crippen molar-refractivity contribution in [2.75, 3.05) is 5.73 Å². The molecule has 0 spiro atoms. The van der Waals surface area contributed by atoms with E-state index in [0.717, 1.165) is 18.4 Å². The maximum atomic E-state index is 12.1. The van der Waals surface area contributed by atoms with E-state index in [-0.39, 0.29) is 5.91 Å². The molecule has 0 bridgehead atoms. The number of nitrogens with one attached hydrogen (secondary N) is 1. The van der Waals surface area contributed by atoms with E-state index < -0.39 is 0 Å². The highest BCUT2D eigenvalue weighted by molar-refractivity contribution is 5.80. The van der Waals surface area contributed by atoms with Crippen LogP contribution in [-0.4, -0.2) is 11.9 Å². The van der Waals surface area contributed by atoms with E-state index in [9.17, 15) is 4.79 Å². The first-order valence-corrected chi connectivity index (χ1v) is 7.33. The van der Waals surface area contributed by atoms with Gasteiger partial charge in [0.15, 0.2) is 0 Å². The molecule has 0 aromatic heterocycles. The number of hydrogen-bond acceptors (Lipinski definition) is 2. The molecular weight excluding hydrogens is 236 g/mol. The van der Waals surface area contributed by atoms with E-state index >= 15 is 0 Å². The molecule has 19 heavy (non-hydrogen) atoms. The molecule has 3 nitrogen and oxygen atoms in total. The van der Waals surface area contributed by atoms with Gasteiger partial charge < -0.3 is 11.1 Å². The molecule has 1 aromatic carbocycles. The van der Waals surface area contributed by atoms with Gasteiger partial charge in [0.2, 0.25) is 5.91 Å². The molecule has 1 amide bonds. The van der Waals surface area contributed by atoms with Crippen molar-refractivity contribution in [3.63, 3.8) is 0 Å². The van der Waals surface area contributed by atoms with Gasteiger partial charge in [0.05, 0.1) is 6.42 Å². The van der Waals surface area contributed by atoms with Crippen molar-refractivity contribution in [3.05, 3.63) is 29.8 Å². The fourth-order valence-electron chi connectivity index (χ4n) is 3.01. The van der Waals surface area contributed by atoms with Gasteiger partial charge in [-0.3, -0.25) is 4.79 Å². The molecule has 1 fully saturated rings. The van der Waals surface area contributed by atoms with Gasteiger partial charge in [-0.15, -0.1) is 0 Å². The van der Waals surface area contributed by atoms with Crippen LogP contribution in [0.25, 0.3) is 0 Å². The summed E-state index contributed by atoms with van der Waals surface area (Å²) in [6.45, 7) is 2.21. The number of nitrogens with two attached hydrogens (primary N) is 1. The van der Waals surface area contributed by atoms with Crippen molar-refractivity contribution >= 4 is 11.6 Å². The Kier molecular flexibility index (Phi) is 4.83. The molecule has 3 N–H and O–H groups in total. The van der Waals surface area contributed by atoms with Gasteiger partial charge in [0, 0.05) is 11.7 Å². The van der Waals surface area contributed by atoms with Crippen LogP contribution >= 0.6 is 0 Å². The van der Waals surface area contributed by atoms with Crippen LogP contribution in [0.15, 0.2) is 24.3 Å². The minimum absolute atomic E-state index is 0.100. The Morgan fingerprint density at radius 3 is 2.79 bits per heavy atom. The van der Waals surface area contributed by atoms with Crippen molar-refractivity contribution in [2.45, 2.75) is 51.5 Å². The highest BCUT2D eigenvalue weighted by Gasteiger charge is 2.24. The monoisotopic (exact) mass is 260 g/mol. The lowest BCUT2D eigenvalue weighted by molar-refractivity contribution is -0.121. The molecule has 0 aliphatic heterocycles. The summed E-state index contributed by atoms with van der Waals surface area (Å²) >= 11 is 0. The zero-order valence-corrected chi connectivity index (χ0v) is 11.7. The van der Waals surface area contributed by atoms with Crippen LogP contribution in [0, 0.1) is 5.92 Å². The molecule has 0 radical (unpaired) electrons. The fourth-order valence-corrected chi connectivity index (χ4v) is 3.01. The summed E-state index contributed by atoms with van der Waals surface area (Å²) in [5.74, 6) is 0.745. The Hall–Kier alpha value is -1.51. The van der Waals surface area contributed by atoms with Crippen LogP contribution in [-0.2, 0) is 11.2 Å². The van der Waals surface area contributed by atoms with Crippen molar-refractivity contribution in [1.82, 2.24) is 5.32 Å². The minimum atomic E-state index is 0.100. The number of amides is 1. The highest BCUT2D eigenvalue weighted by Crippen LogP contribution is 2.26. The summed E-state index contributed by atoms with van der Waals surface area (Å²) in [6.07, 6.45) is 6.44. The maximum Gasteiger partial charge on any atom is 0.224 e. The Labute approximate surface area is 115 Å². The van der Waals surface area contributed by atoms with Crippen molar-refractivity contribution in [2.24, 2.45) is 5.92 Å². The average molecular weight is 260 g/mol. The van der Waals surface area contributed by atoms with E-state index in [2.05, 4.69) is 12.2 Å². The number of rotatable bonds is 4. The molecule has 2 rings (SSSR count). The third-order valence-corrected chi connectivity index (χ3v) is 4.19. The molecule has 0 heterocycles. The quantitative estimate of drug-likeness (QED) is 0.818. The van der Waals surface area contributed by atoms with E-state index in [1.165, 1.54) is 19.3 Å². The normalized spacial score (nSPS) is 23.0. The largest absolute Gasteiger partial charge is 0.398 e. The molecule has 0 saturated heterocycles. The zero-order chi connectivity index (χ0) is 13.7. The highest BCUT2D eigenvalue weighted by atomic mass is 16.1. The van der Waals surface area contributed by atoms with E-state index in [4.69, 9.17) is 5.73 Å². The summed E-state index contributed by atoms with van der Waals surface area (Å²) in [5.41, 5.74) is 7.50. The number of hydrogen-bond donors (Lipinski definition) is 2. The zero-order valence-electron chi connectivity index (χ0n) is 11.7. The predicted octanol–water partition coefficient (Wildman–Crippen LogP) is 2.90. The van der Waals surface area contributed by atoms with Gasteiger partial charge in [-0.25, -0.2) is 0 Å². The third-order valence-electron chi connectivity index (χ3n) is 4.19. The molecule has 1 aliphatic carbocycles. The van der Waals surface area contributed by atoms with Gasteiger partial charge in [0.1, 0.15) is 0 Å². The van der Waals surface area contributed by atoms with E-state index in [1.54, 1.807) is 0 Å². The lowest BCUT2D eigenvalue weighted by atomic mass is 9.83. The van der Waals surface area contributed by atoms with Gasteiger partial charge in [-0.2, -0.15) is 0 Å². The number of carbonyl (C=O) groups is 1. The van der Waals surface area contributed by atoms with Crippen LogP contribution in [0.2, 0.25) is 0 Å². The second-order valence-electron chi connectivity index (χ2n) is 5.50. The summed E-state index contributed by atoms with van der Waals surface area (Å²) < 4.78 is 0. The first-order valence-electron chi connectivity index (χ1n) is 7.33. The number of nitrogen functional groups attached to an aromatic ring is 1. The average Bonchev–Trinajstić information content (AvgIpc) is 2.42. The van der Waals surface area contributed by atoms with Crippen LogP contribution in [0.1, 0.15) is 44.6 Å². The molecule has 3 heteroatoms. The third kappa shape index (κ3) is 3.72. The summed E-state index contributed by atoms with van der Waals surface area (Å²) in [4.78, 5) is 12.1. The summed E-state index contributed by atoms with van der Waals surface area (Å²) in [6, 6.07) is 7.95. The molecule has 1 aliphatic rings. The van der Waals surface area contributed by atoms with E-state index in [0.29, 0.717) is 24.1 Å². The molecule has 1 saturated carbocycles. The first kappa shape index (κ1) is 13.9. The second-order valence-corrected chi connectivity index (χ2v) is 5.50. The van der Waals surface area contributed by atoms with Crippen molar-refractivity contribution < 1.29 is 4.79 Å². The lowest BCUT2D eigenvalue weighted by Crippen LogP contribution is -2.42. The number of anilines is 1. The van der Waals surface area contributed by atoms with Gasteiger partial charge in [0.25, 0.3) is 0 Å². The number of benzene rings is 1. The van der Waals surface area contributed by atoms with Crippen molar-refractivity contribution in [3.8, 4) is 0 Å². The standard InChI is InChI=1S/C16H24N2O/c1-2-12-7-4-6-10-15(12)18-16(19)11-13-8-3-5-9-14(13)17/h3,5,8-9,12,15H,2,4,6-7,10-11,17H2,1H3,(H,18,19). The molecule has 104 valence electrons. The Morgan fingerprint density at radius 2 is 2.05 bits per heavy atom. The van der Waals surface area contributed by atoms with E-state index in [1.807, 2.05) is 24.3 Å². The maximum absolute atomic E-state index is 12.1. The van der Waals surface area contributed by atoms with Crippen LogP contribution < -0.4 is 11.1 Å². The van der Waals surface area contributed by atoms with Crippen LogP contribution in [0.4, 0.5) is 5.69 Å².